The normalized spacial score (nSPS) is 10.2. The van der Waals surface area contributed by atoms with Crippen LogP contribution >= 0.6 is 11.6 Å². The molecule has 0 fully saturated rings. The van der Waals surface area contributed by atoms with Gasteiger partial charge in [-0.15, -0.1) is 4.91 Å². The summed E-state index contributed by atoms with van der Waals surface area (Å²) in [6.07, 6.45) is 1.34. The van der Waals surface area contributed by atoms with Crippen molar-refractivity contribution < 1.29 is 9.18 Å². The number of pyridine rings is 1. The van der Waals surface area contributed by atoms with Gasteiger partial charge in [0.2, 0.25) is 5.91 Å². The lowest BCUT2D eigenvalue weighted by Gasteiger charge is -2.20. The van der Waals surface area contributed by atoms with Crippen molar-refractivity contribution in [1.29, 1.82) is 0 Å². The van der Waals surface area contributed by atoms with Gasteiger partial charge in [-0.25, -0.2) is 9.37 Å². The first-order valence-electron chi connectivity index (χ1n) is 5.57. The van der Waals surface area contributed by atoms with E-state index < -0.39 is 11.7 Å². The lowest BCUT2D eigenvalue weighted by Crippen LogP contribution is -2.23. The number of aromatic nitrogens is 1. The Labute approximate surface area is 119 Å². The first-order chi connectivity index (χ1) is 9.51. The van der Waals surface area contributed by atoms with Crippen LogP contribution in [0.3, 0.4) is 0 Å². The number of carbonyl (C=O) groups excluding carboxylic acids is 1. The van der Waals surface area contributed by atoms with Gasteiger partial charge in [0.15, 0.2) is 0 Å². The van der Waals surface area contributed by atoms with Crippen molar-refractivity contribution in [1.82, 2.24) is 4.98 Å². The molecule has 2 aromatic rings. The number of hydrogen-bond acceptors (Lipinski definition) is 4. The highest BCUT2D eigenvalue weighted by Gasteiger charge is 2.17. The highest BCUT2D eigenvalue weighted by Crippen LogP contribution is 2.29. The Kier molecular flexibility index (Phi) is 4.05. The minimum Gasteiger partial charge on any atom is -0.274 e. The summed E-state index contributed by atoms with van der Waals surface area (Å²) in [5, 5.41) is 2.92. The molecule has 0 saturated carbocycles. The van der Waals surface area contributed by atoms with E-state index in [0.717, 1.165) is 17.0 Å². The van der Waals surface area contributed by atoms with E-state index in [-0.39, 0.29) is 22.2 Å². The fourth-order valence-corrected chi connectivity index (χ4v) is 1.95. The smallest absolute Gasteiger partial charge is 0.229 e. The van der Waals surface area contributed by atoms with Gasteiger partial charge in [-0.05, 0) is 29.4 Å². The molecule has 0 spiro atoms. The number of nitroso groups, excluding NO2 is 1. The minimum absolute atomic E-state index is 0.115. The van der Waals surface area contributed by atoms with Crippen LogP contribution in [0.25, 0.3) is 0 Å². The van der Waals surface area contributed by atoms with E-state index in [4.69, 9.17) is 11.6 Å². The second-order valence-electron chi connectivity index (χ2n) is 3.95. The number of halogens is 2. The number of anilines is 2. The predicted octanol–water partition coefficient (Wildman–Crippen LogP) is 3.96. The second-order valence-corrected chi connectivity index (χ2v) is 4.38. The second kappa shape index (κ2) is 5.75. The Bertz CT molecular complexity index is 658. The van der Waals surface area contributed by atoms with Gasteiger partial charge >= 0.3 is 0 Å². The lowest BCUT2D eigenvalue weighted by atomic mass is 10.2. The highest BCUT2D eigenvalue weighted by molar-refractivity contribution is 6.31. The first-order valence-corrected chi connectivity index (χ1v) is 5.95. The van der Waals surface area contributed by atoms with E-state index >= 15 is 0 Å². The quantitative estimate of drug-likeness (QED) is 0.805. The standard InChI is InChI=1S/C13H9ClFN3O2/c1-8(19)18(12-5-9(14)4-10(15)6-12)13-7-11(17-20)2-3-16-13/h2-7H,1H3. The van der Waals surface area contributed by atoms with Crippen LogP contribution in [0.5, 0.6) is 0 Å². The van der Waals surface area contributed by atoms with Crippen LogP contribution in [-0.4, -0.2) is 10.9 Å². The molecule has 5 nitrogen and oxygen atoms in total. The molecule has 1 amide bonds. The van der Waals surface area contributed by atoms with Crippen LogP contribution in [0.1, 0.15) is 6.92 Å². The van der Waals surface area contributed by atoms with Gasteiger partial charge in [-0.2, -0.15) is 0 Å². The molecule has 1 aromatic heterocycles. The minimum atomic E-state index is -0.580. The van der Waals surface area contributed by atoms with E-state index in [0.29, 0.717) is 0 Å². The summed E-state index contributed by atoms with van der Waals surface area (Å²) in [4.78, 5) is 27.4. The summed E-state index contributed by atoms with van der Waals surface area (Å²) in [6.45, 7) is 1.29. The predicted molar refractivity (Wildman–Crippen MR) is 73.9 cm³/mol. The van der Waals surface area contributed by atoms with Crippen molar-refractivity contribution >= 4 is 34.7 Å². The van der Waals surface area contributed by atoms with Gasteiger partial charge in [0.25, 0.3) is 0 Å². The third kappa shape index (κ3) is 2.97. The zero-order chi connectivity index (χ0) is 14.7. The molecule has 0 bridgehead atoms. The molecule has 0 unspecified atom stereocenters. The van der Waals surface area contributed by atoms with Gasteiger partial charge in [0.05, 0.1) is 5.69 Å². The van der Waals surface area contributed by atoms with E-state index in [9.17, 15) is 14.1 Å². The molecule has 20 heavy (non-hydrogen) atoms. The molecule has 0 N–H and O–H groups in total. The molecule has 102 valence electrons. The van der Waals surface area contributed by atoms with Crippen molar-refractivity contribution in [3.8, 4) is 0 Å². The Morgan fingerprint density at radius 2 is 2.10 bits per heavy atom. The molecule has 0 aliphatic carbocycles. The number of hydrogen-bond donors (Lipinski definition) is 0. The van der Waals surface area contributed by atoms with Crippen LogP contribution in [-0.2, 0) is 4.79 Å². The molecule has 1 aromatic carbocycles. The summed E-state index contributed by atoms with van der Waals surface area (Å²) in [6, 6.07) is 6.42. The molecule has 7 heteroatoms. The van der Waals surface area contributed by atoms with Crippen molar-refractivity contribution in [2.24, 2.45) is 5.18 Å². The molecule has 0 aliphatic rings. The molecule has 1 heterocycles. The number of carbonyl (C=O) groups is 1. The Morgan fingerprint density at radius 1 is 1.35 bits per heavy atom. The molecule has 2 rings (SSSR count). The maximum atomic E-state index is 13.4. The lowest BCUT2D eigenvalue weighted by molar-refractivity contribution is -0.115. The fraction of sp³-hybridized carbons (Fsp3) is 0.0769. The Balaban J connectivity index is 2.55. The number of benzene rings is 1. The third-order valence-electron chi connectivity index (χ3n) is 2.48. The van der Waals surface area contributed by atoms with Crippen molar-refractivity contribution in [2.75, 3.05) is 4.90 Å². The fourth-order valence-electron chi connectivity index (χ4n) is 1.73. The van der Waals surface area contributed by atoms with Crippen molar-refractivity contribution in [3.05, 3.63) is 52.3 Å². The summed E-state index contributed by atoms with van der Waals surface area (Å²) < 4.78 is 13.4. The SMILES string of the molecule is CC(=O)N(c1cc(F)cc(Cl)c1)c1cc(N=O)ccn1. The summed E-state index contributed by atoms with van der Waals surface area (Å²) in [5.41, 5.74) is 0.335. The molecular formula is C13H9ClFN3O2. The number of rotatable bonds is 3. The first kappa shape index (κ1) is 14.1. The molecule has 0 saturated heterocycles. The molecular weight excluding hydrogens is 285 g/mol. The molecule has 0 atom stereocenters. The summed E-state index contributed by atoms with van der Waals surface area (Å²) in [7, 11) is 0. The van der Waals surface area contributed by atoms with Crippen LogP contribution in [0.15, 0.2) is 41.7 Å². The summed E-state index contributed by atoms with van der Waals surface area (Å²) >= 11 is 5.78. The van der Waals surface area contributed by atoms with Gasteiger partial charge in [-0.1, -0.05) is 11.6 Å². The van der Waals surface area contributed by atoms with Crippen LogP contribution in [0, 0.1) is 10.7 Å². The van der Waals surface area contributed by atoms with Crippen LogP contribution in [0.4, 0.5) is 21.6 Å². The average molecular weight is 294 g/mol. The van der Waals surface area contributed by atoms with E-state index in [1.807, 2.05) is 0 Å². The Hall–Kier alpha value is -2.34. The van der Waals surface area contributed by atoms with E-state index in [2.05, 4.69) is 10.2 Å². The molecule has 0 radical (unpaired) electrons. The topological polar surface area (TPSA) is 62.6 Å². The van der Waals surface area contributed by atoms with Gasteiger partial charge < -0.3 is 0 Å². The van der Waals surface area contributed by atoms with Crippen molar-refractivity contribution in [3.63, 3.8) is 0 Å². The monoisotopic (exact) mass is 293 g/mol. The largest absolute Gasteiger partial charge is 0.274 e. The van der Waals surface area contributed by atoms with Gasteiger partial charge in [-0.3, -0.25) is 9.69 Å². The van der Waals surface area contributed by atoms with Crippen molar-refractivity contribution in [2.45, 2.75) is 6.92 Å². The number of nitrogens with zero attached hydrogens (tertiary/aromatic N) is 3. The van der Waals surface area contributed by atoms with E-state index in [1.54, 1.807) is 0 Å². The zero-order valence-electron chi connectivity index (χ0n) is 10.4. The Morgan fingerprint density at radius 3 is 2.70 bits per heavy atom. The van der Waals surface area contributed by atoms with Crippen LogP contribution < -0.4 is 4.90 Å². The molecule has 0 aliphatic heterocycles. The zero-order valence-corrected chi connectivity index (χ0v) is 11.1. The van der Waals surface area contributed by atoms with Crippen LogP contribution in [0.2, 0.25) is 5.02 Å². The highest BCUT2D eigenvalue weighted by atomic mass is 35.5. The third-order valence-corrected chi connectivity index (χ3v) is 2.70. The maximum Gasteiger partial charge on any atom is 0.229 e. The average Bonchev–Trinajstić information content (AvgIpc) is 2.37. The van der Waals surface area contributed by atoms with E-state index in [1.165, 1.54) is 31.3 Å². The summed E-state index contributed by atoms with van der Waals surface area (Å²) in [5.74, 6) is -0.818. The number of amides is 1. The van der Waals surface area contributed by atoms with Gasteiger partial charge in [0.1, 0.15) is 17.3 Å². The maximum absolute atomic E-state index is 13.4. The van der Waals surface area contributed by atoms with Gasteiger partial charge in [0, 0.05) is 24.2 Å².